The second-order valence-corrected chi connectivity index (χ2v) is 8.73. The first-order valence-corrected chi connectivity index (χ1v) is 11.4. The van der Waals surface area contributed by atoms with E-state index in [4.69, 9.17) is 24.1 Å². The van der Waals surface area contributed by atoms with Crippen LogP contribution >= 0.6 is 0 Å². The second-order valence-electron chi connectivity index (χ2n) is 8.73. The molecule has 196 valence electrons. The molecule has 1 aliphatic heterocycles. The first-order valence-electron chi connectivity index (χ1n) is 11.4. The molecule has 7 atom stereocenters. The number of nitrogens with one attached hydrogen (secondary N) is 1. The lowest BCUT2D eigenvalue weighted by molar-refractivity contribution is -0.305. The second kappa shape index (κ2) is 12.6. The third-order valence-electron chi connectivity index (χ3n) is 5.81. The van der Waals surface area contributed by atoms with Crippen LogP contribution in [0.25, 0.3) is 0 Å². The van der Waals surface area contributed by atoms with Gasteiger partial charge in [-0.05, 0) is 25.7 Å². The Morgan fingerprint density at radius 2 is 1.79 bits per heavy atom. The smallest absolute Gasteiger partial charge is 0.431 e. The number of amides is 1. The van der Waals surface area contributed by atoms with Crippen molar-refractivity contribution >= 4 is 18.0 Å². The number of carbonyl (C=O) groups is 3. The fourth-order valence-electron chi connectivity index (χ4n) is 4.19. The predicted octanol–water partition coefficient (Wildman–Crippen LogP) is -0.986. The van der Waals surface area contributed by atoms with Gasteiger partial charge in [-0.3, -0.25) is 4.79 Å². The molecule has 0 radical (unpaired) electrons. The van der Waals surface area contributed by atoms with Crippen molar-refractivity contribution in [2.45, 2.75) is 102 Å². The zero-order valence-electron chi connectivity index (χ0n) is 19.3. The lowest BCUT2D eigenvalue weighted by atomic mass is 9.83. The number of ether oxygens (including phenoxy) is 4. The summed E-state index contributed by atoms with van der Waals surface area (Å²) in [6.07, 6.45) is -5.57. The predicted molar refractivity (Wildman–Crippen MR) is 111 cm³/mol. The Kier molecular flexibility index (Phi) is 10.5. The normalized spacial score (nSPS) is 30.5. The molecule has 1 unspecified atom stereocenters. The number of carbonyl (C=O) groups excluding carboxylic acids is 3. The van der Waals surface area contributed by atoms with Crippen LogP contribution in [0.15, 0.2) is 0 Å². The Morgan fingerprint density at radius 1 is 1.15 bits per heavy atom. The molecule has 1 amide bonds. The summed E-state index contributed by atoms with van der Waals surface area (Å²) in [6.45, 7) is 1.65. The molecule has 34 heavy (non-hydrogen) atoms. The van der Waals surface area contributed by atoms with E-state index in [2.05, 4.69) is 5.32 Å². The molecule has 0 aromatic carbocycles. The first-order chi connectivity index (χ1) is 15.9. The standard InChI is InChI=1S/C21H35NO12/c1-11(24)22-18(27)17-15(26)9-21(30,34-16(17)8-13(25)10-23)19(28)31-12(2)32-20(29)33-14-6-4-3-5-7-14/h12-18,23,25-27,30H,3-10H2,1-2H3,(H,22,24)/t12?,13-,15-,16-,17-,18-,21-/m0/s1. The third-order valence-corrected chi connectivity index (χ3v) is 5.81. The van der Waals surface area contributed by atoms with Crippen molar-refractivity contribution in [2.75, 3.05) is 6.61 Å². The molecule has 0 bridgehead atoms. The summed E-state index contributed by atoms with van der Waals surface area (Å²) in [5, 5.41) is 52.7. The van der Waals surface area contributed by atoms with Gasteiger partial charge in [0, 0.05) is 26.7 Å². The van der Waals surface area contributed by atoms with Crippen LogP contribution in [0.1, 0.15) is 58.8 Å². The van der Waals surface area contributed by atoms with Crippen molar-refractivity contribution < 1.29 is 58.9 Å². The Labute approximate surface area is 196 Å². The van der Waals surface area contributed by atoms with Gasteiger partial charge in [0.25, 0.3) is 5.79 Å². The van der Waals surface area contributed by atoms with Crippen molar-refractivity contribution in [2.24, 2.45) is 5.92 Å². The van der Waals surface area contributed by atoms with Crippen LogP contribution in [0, 0.1) is 5.92 Å². The Morgan fingerprint density at radius 3 is 2.38 bits per heavy atom. The van der Waals surface area contributed by atoms with Crippen LogP contribution in [0.3, 0.4) is 0 Å². The van der Waals surface area contributed by atoms with E-state index in [-0.39, 0.29) is 6.10 Å². The van der Waals surface area contributed by atoms with Crippen LogP contribution in [0.4, 0.5) is 4.79 Å². The van der Waals surface area contributed by atoms with E-state index < -0.39 is 80.0 Å². The van der Waals surface area contributed by atoms with Gasteiger partial charge in [-0.2, -0.15) is 0 Å². The van der Waals surface area contributed by atoms with Gasteiger partial charge in [-0.15, -0.1) is 0 Å². The van der Waals surface area contributed by atoms with E-state index in [1.54, 1.807) is 0 Å². The summed E-state index contributed by atoms with van der Waals surface area (Å²) in [5.74, 6) is -5.98. The van der Waals surface area contributed by atoms with Crippen LogP contribution in [0.5, 0.6) is 0 Å². The molecule has 1 saturated heterocycles. The van der Waals surface area contributed by atoms with Gasteiger partial charge in [-0.1, -0.05) is 6.42 Å². The summed E-state index contributed by atoms with van der Waals surface area (Å²) < 4.78 is 20.4. The monoisotopic (exact) mass is 493 g/mol. The number of rotatable bonds is 9. The molecule has 2 rings (SSSR count). The van der Waals surface area contributed by atoms with Crippen LogP contribution < -0.4 is 5.32 Å². The molecular weight excluding hydrogens is 458 g/mol. The summed E-state index contributed by atoms with van der Waals surface area (Å²) in [7, 11) is 0. The molecular formula is C21H35NO12. The summed E-state index contributed by atoms with van der Waals surface area (Å²) in [5.41, 5.74) is 0. The molecule has 2 aliphatic rings. The Bertz CT molecular complexity index is 699. The zero-order chi connectivity index (χ0) is 25.5. The number of aliphatic hydroxyl groups is 5. The van der Waals surface area contributed by atoms with Crippen LogP contribution in [-0.2, 0) is 28.5 Å². The van der Waals surface area contributed by atoms with E-state index in [1.807, 2.05) is 0 Å². The quantitative estimate of drug-likeness (QED) is 0.169. The van der Waals surface area contributed by atoms with Crippen molar-refractivity contribution in [3.05, 3.63) is 0 Å². The number of hydrogen-bond donors (Lipinski definition) is 6. The minimum atomic E-state index is -2.73. The lowest BCUT2D eigenvalue weighted by Crippen LogP contribution is -2.61. The molecule has 2 fully saturated rings. The van der Waals surface area contributed by atoms with Crippen molar-refractivity contribution in [3.8, 4) is 0 Å². The van der Waals surface area contributed by atoms with E-state index >= 15 is 0 Å². The molecule has 1 heterocycles. The van der Waals surface area contributed by atoms with Crippen molar-refractivity contribution in [3.63, 3.8) is 0 Å². The highest BCUT2D eigenvalue weighted by molar-refractivity contribution is 5.78. The zero-order valence-corrected chi connectivity index (χ0v) is 19.3. The lowest BCUT2D eigenvalue weighted by Gasteiger charge is -2.45. The number of hydrogen-bond acceptors (Lipinski definition) is 12. The molecule has 0 aromatic rings. The van der Waals surface area contributed by atoms with Crippen molar-refractivity contribution in [1.82, 2.24) is 5.32 Å². The van der Waals surface area contributed by atoms with Crippen molar-refractivity contribution in [1.29, 1.82) is 0 Å². The van der Waals surface area contributed by atoms with E-state index in [1.165, 1.54) is 6.92 Å². The molecule has 13 heteroatoms. The highest BCUT2D eigenvalue weighted by Gasteiger charge is 2.54. The fourth-order valence-corrected chi connectivity index (χ4v) is 4.19. The van der Waals surface area contributed by atoms with Gasteiger partial charge in [-0.25, -0.2) is 9.59 Å². The topological polar surface area (TPSA) is 201 Å². The molecule has 0 spiro atoms. The van der Waals surface area contributed by atoms with Gasteiger partial charge >= 0.3 is 12.1 Å². The van der Waals surface area contributed by atoms with Crippen LogP contribution in [0.2, 0.25) is 0 Å². The molecule has 1 saturated carbocycles. The maximum absolute atomic E-state index is 12.6. The largest absolute Gasteiger partial charge is 0.511 e. The summed E-state index contributed by atoms with van der Waals surface area (Å²) in [6, 6.07) is 0. The highest BCUT2D eigenvalue weighted by Crippen LogP contribution is 2.36. The average molecular weight is 494 g/mol. The molecule has 13 nitrogen and oxygen atoms in total. The molecule has 1 aliphatic carbocycles. The molecule has 6 N–H and O–H groups in total. The maximum atomic E-state index is 12.6. The van der Waals surface area contributed by atoms with Gasteiger partial charge in [0.1, 0.15) is 12.3 Å². The van der Waals surface area contributed by atoms with Gasteiger partial charge in [0.15, 0.2) is 0 Å². The Balaban J connectivity index is 2.02. The molecule has 0 aromatic heterocycles. The summed E-state index contributed by atoms with van der Waals surface area (Å²) >= 11 is 0. The maximum Gasteiger partial charge on any atom is 0.511 e. The van der Waals surface area contributed by atoms with Gasteiger partial charge in [0.2, 0.25) is 12.2 Å². The fraction of sp³-hybridized carbons (Fsp3) is 0.857. The average Bonchev–Trinajstić information content (AvgIpc) is 2.73. The first kappa shape index (κ1) is 28.2. The van der Waals surface area contributed by atoms with Gasteiger partial charge < -0.3 is 49.8 Å². The van der Waals surface area contributed by atoms with E-state index in [9.17, 15) is 34.8 Å². The van der Waals surface area contributed by atoms with Crippen LogP contribution in [-0.4, -0.2) is 92.9 Å². The van der Waals surface area contributed by atoms with E-state index in [0.29, 0.717) is 12.8 Å². The Hall–Kier alpha value is -2.03. The summed E-state index contributed by atoms with van der Waals surface area (Å²) in [4.78, 5) is 35.9. The van der Waals surface area contributed by atoms with Gasteiger partial charge in [0.05, 0.1) is 30.8 Å². The SMILES string of the molecule is CC(=O)N[C@@H](O)[C@@H]1[C@H](C[C@H](O)CO)O[C@](O)(C(=O)OC(C)OC(=O)OC2CCCCC2)C[C@@H]1O. The third kappa shape index (κ3) is 8.03. The highest BCUT2D eigenvalue weighted by atomic mass is 16.8. The van der Waals surface area contributed by atoms with E-state index in [0.717, 1.165) is 26.2 Å². The number of esters is 1. The number of aliphatic hydroxyl groups excluding tert-OH is 4. The minimum absolute atomic E-state index is 0.282. The minimum Gasteiger partial charge on any atom is -0.431 e.